The number of hydrogen-bond donors (Lipinski definition) is 6. The van der Waals surface area contributed by atoms with Gasteiger partial charge in [0.25, 0.3) is 0 Å². The molecule has 48 heavy (non-hydrogen) atoms. The van der Waals surface area contributed by atoms with Crippen molar-refractivity contribution in [2.24, 2.45) is 0 Å². The van der Waals surface area contributed by atoms with E-state index in [9.17, 15) is 30.6 Å². The summed E-state index contributed by atoms with van der Waals surface area (Å²) in [5.41, 5.74) is -0.440. The van der Waals surface area contributed by atoms with Crippen molar-refractivity contribution in [3.05, 3.63) is 0 Å². The molecule has 0 aliphatic rings. The molecule has 0 spiro atoms. The van der Waals surface area contributed by atoms with Gasteiger partial charge < -0.3 is 82.7 Å². The van der Waals surface area contributed by atoms with E-state index in [1.54, 1.807) is 0 Å². The first-order chi connectivity index (χ1) is 22.8. The van der Waals surface area contributed by atoms with Crippen LogP contribution in [0.25, 0.3) is 0 Å². The van der Waals surface area contributed by atoms with Crippen molar-refractivity contribution in [2.75, 3.05) is 127 Å². The largest absolute Gasteiger partial charge is 0.388 e. The molecule has 8 unspecified atom stereocenters. The minimum absolute atomic E-state index is 0.0184. The molecule has 0 aliphatic heterocycles. The van der Waals surface area contributed by atoms with Crippen LogP contribution in [0.5, 0.6) is 0 Å². The second kappa shape index (κ2) is 30.0. The Morgan fingerprint density at radius 1 is 0.354 bits per heavy atom. The van der Waals surface area contributed by atoms with Gasteiger partial charge in [-0.25, -0.2) is 0 Å². The molecule has 0 amide bonds. The summed E-state index contributed by atoms with van der Waals surface area (Å²) in [6.07, 6.45) is -6.42. The van der Waals surface area contributed by atoms with Gasteiger partial charge in [0.15, 0.2) is 0 Å². The summed E-state index contributed by atoms with van der Waals surface area (Å²) in [4.78, 5) is 0. The van der Waals surface area contributed by atoms with Crippen LogP contribution in [0.3, 0.4) is 0 Å². The minimum atomic E-state index is -0.972. The molecule has 290 valence electrons. The molecule has 0 saturated carbocycles. The average Bonchev–Trinajstić information content (AvgIpc) is 3.00. The summed E-state index contributed by atoms with van der Waals surface area (Å²) < 4.78 is 59.0. The van der Waals surface area contributed by atoms with E-state index in [4.69, 9.17) is 52.1 Å². The summed E-state index contributed by atoms with van der Waals surface area (Å²) in [6, 6.07) is 0. The van der Waals surface area contributed by atoms with Gasteiger partial charge in [-0.05, 0) is 20.8 Å². The number of hydrogen-bond acceptors (Lipinski definition) is 17. The molecule has 0 aromatic carbocycles. The maximum Gasteiger partial charge on any atom is 0.104 e. The fourth-order valence-electron chi connectivity index (χ4n) is 3.68. The quantitative estimate of drug-likeness (QED) is 0.0416. The van der Waals surface area contributed by atoms with Crippen LogP contribution in [0.1, 0.15) is 20.8 Å². The van der Waals surface area contributed by atoms with E-state index in [1.165, 1.54) is 21.3 Å². The first-order valence-corrected chi connectivity index (χ1v) is 16.1. The standard InChI is InChI=1S/C31H64O17/c1-31(2,3)48-22-30(21-44-14-26(35)13-43-12-25(34)11-41-9-23(32)7-38-4)47-18-28(37)16-45-20-29(19-40-6)46-17-27(36)15-42-10-24(33)8-39-5/h23-30,32-37H,7-22H2,1-6H3. The molecular formula is C31H64O17. The molecule has 8 atom stereocenters. The van der Waals surface area contributed by atoms with Gasteiger partial charge in [0, 0.05) is 21.3 Å². The fourth-order valence-corrected chi connectivity index (χ4v) is 3.68. The number of aliphatic hydroxyl groups is 6. The van der Waals surface area contributed by atoms with Crippen LogP contribution in [0.4, 0.5) is 0 Å². The third-order valence-corrected chi connectivity index (χ3v) is 5.91. The molecule has 0 radical (unpaired) electrons. The van der Waals surface area contributed by atoms with Crippen LogP contribution in [0.2, 0.25) is 0 Å². The van der Waals surface area contributed by atoms with Gasteiger partial charge in [-0.1, -0.05) is 0 Å². The van der Waals surface area contributed by atoms with Crippen LogP contribution in [-0.2, 0) is 52.1 Å². The van der Waals surface area contributed by atoms with E-state index in [0.29, 0.717) is 0 Å². The number of methoxy groups -OCH3 is 3. The number of rotatable bonds is 34. The molecule has 0 aromatic heterocycles. The first kappa shape index (κ1) is 47.3. The minimum Gasteiger partial charge on any atom is -0.388 e. The highest BCUT2D eigenvalue weighted by molar-refractivity contribution is 4.66. The molecule has 0 saturated heterocycles. The van der Waals surface area contributed by atoms with Gasteiger partial charge in [-0.3, -0.25) is 0 Å². The van der Waals surface area contributed by atoms with Crippen molar-refractivity contribution >= 4 is 0 Å². The lowest BCUT2D eigenvalue weighted by Crippen LogP contribution is -2.36. The maximum absolute atomic E-state index is 10.4. The topological polar surface area (TPSA) is 223 Å². The van der Waals surface area contributed by atoms with Gasteiger partial charge in [0.1, 0.15) is 48.8 Å². The first-order valence-electron chi connectivity index (χ1n) is 16.1. The average molecular weight is 709 g/mol. The monoisotopic (exact) mass is 708 g/mol. The molecule has 0 bridgehead atoms. The van der Waals surface area contributed by atoms with E-state index in [-0.39, 0.29) is 106 Å². The van der Waals surface area contributed by atoms with Crippen LogP contribution < -0.4 is 0 Å². The van der Waals surface area contributed by atoms with Gasteiger partial charge in [-0.15, -0.1) is 0 Å². The normalized spacial score (nSPS) is 17.5. The summed E-state index contributed by atoms with van der Waals surface area (Å²) in [5, 5.41) is 59.7. The van der Waals surface area contributed by atoms with Crippen molar-refractivity contribution in [1.29, 1.82) is 0 Å². The van der Waals surface area contributed by atoms with Gasteiger partial charge in [-0.2, -0.15) is 0 Å². The highest BCUT2D eigenvalue weighted by atomic mass is 16.6. The SMILES string of the molecule is COCC(O)COCC(O)COCC(O)COCC(COC(C)(C)C)OCC(O)COCC(COC)OCC(O)COCC(O)COC. The molecular weight excluding hydrogens is 644 g/mol. The van der Waals surface area contributed by atoms with Crippen LogP contribution in [-0.4, -0.2) is 212 Å². The van der Waals surface area contributed by atoms with Crippen LogP contribution >= 0.6 is 0 Å². The summed E-state index contributed by atoms with van der Waals surface area (Å²) >= 11 is 0. The van der Waals surface area contributed by atoms with Crippen LogP contribution in [0, 0.1) is 0 Å². The maximum atomic E-state index is 10.4. The summed E-state index contributed by atoms with van der Waals surface area (Å²) in [7, 11) is 4.44. The van der Waals surface area contributed by atoms with E-state index >= 15 is 0 Å². The second-order valence-corrected chi connectivity index (χ2v) is 12.3. The van der Waals surface area contributed by atoms with Crippen molar-refractivity contribution < 1.29 is 82.7 Å². The fraction of sp³-hybridized carbons (Fsp3) is 1.00. The lowest BCUT2D eigenvalue weighted by molar-refractivity contribution is -0.129. The highest BCUT2D eigenvalue weighted by Gasteiger charge is 2.20. The highest BCUT2D eigenvalue weighted by Crippen LogP contribution is 2.10. The Bertz CT molecular complexity index is 700. The van der Waals surface area contributed by atoms with Gasteiger partial charge >= 0.3 is 0 Å². The molecule has 17 nitrogen and oxygen atoms in total. The predicted molar refractivity (Wildman–Crippen MR) is 171 cm³/mol. The lowest BCUT2D eigenvalue weighted by Gasteiger charge is -2.26. The predicted octanol–water partition coefficient (Wildman–Crippen LogP) is -2.24. The van der Waals surface area contributed by atoms with Crippen LogP contribution in [0.15, 0.2) is 0 Å². The van der Waals surface area contributed by atoms with Crippen molar-refractivity contribution in [3.8, 4) is 0 Å². The zero-order valence-corrected chi connectivity index (χ0v) is 29.6. The van der Waals surface area contributed by atoms with Gasteiger partial charge in [0.2, 0.25) is 0 Å². The molecule has 0 aromatic rings. The second-order valence-electron chi connectivity index (χ2n) is 12.3. The Kier molecular flexibility index (Phi) is 29.6. The van der Waals surface area contributed by atoms with Crippen molar-refractivity contribution in [2.45, 2.75) is 75.2 Å². The summed E-state index contributed by atoms with van der Waals surface area (Å²) in [6.45, 7) is 6.07. The number of ether oxygens (including phenoxy) is 11. The molecule has 6 N–H and O–H groups in total. The number of aliphatic hydroxyl groups excluding tert-OH is 6. The molecule has 0 aliphatic carbocycles. The molecule has 0 heterocycles. The van der Waals surface area contributed by atoms with E-state index in [0.717, 1.165) is 0 Å². The van der Waals surface area contributed by atoms with Crippen molar-refractivity contribution in [1.82, 2.24) is 0 Å². The smallest absolute Gasteiger partial charge is 0.104 e. The zero-order chi connectivity index (χ0) is 36.2. The molecule has 17 heteroatoms. The molecule has 0 rings (SSSR count). The van der Waals surface area contributed by atoms with E-state index in [2.05, 4.69) is 0 Å². The third-order valence-electron chi connectivity index (χ3n) is 5.91. The Morgan fingerprint density at radius 3 is 0.938 bits per heavy atom. The Morgan fingerprint density at radius 2 is 0.625 bits per heavy atom. The van der Waals surface area contributed by atoms with Crippen molar-refractivity contribution in [3.63, 3.8) is 0 Å². The summed E-state index contributed by atoms with van der Waals surface area (Å²) in [5.74, 6) is 0. The Balaban J connectivity index is 4.42. The van der Waals surface area contributed by atoms with E-state index in [1.807, 2.05) is 20.8 Å². The lowest BCUT2D eigenvalue weighted by atomic mass is 10.2. The Labute approximate surface area is 285 Å². The third kappa shape index (κ3) is 30.2. The zero-order valence-electron chi connectivity index (χ0n) is 29.6. The van der Waals surface area contributed by atoms with E-state index < -0.39 is 54.4 Å². The van der Waals surface area contributed by atoms with Gasteiger partial charge in [0.05, 0.1) is 111 Å². The molecule has 0 fully saturated rings. The Hall–Kier alpha value is -0.680.